The Bertz CT molecular complexity index is 770. The summed E-state index contributed by atoms with van der Waals surface area (Å²) in [5.41, 5.74) is 1.71. The second kappa shape index (κ2) is 8.12. The molecule has 2 heterocycles. The third-order valence-electron chi connectivity index (χ3n) is 4.82. The first-order valence-corrected chi connectivity index (χ1v) is 8.86. The lowest BCUT2D eigenvalue weighted by Gasteiger charge is -2.35. The van der Waals surface area contributed by atoms with Crippen LogP contribution in [0, 0.1) is 0 Å². The zero-order valence-electron chi connectivity index (χ0n) is 14.6. The lowest BCUT2D eigenvalue weighted by Crippen LogP contribution is -2.46. The molecule has 1 N–H and O–H groups in total. The average molecular weight is 339 g/mol. The van der Waals surface area contributed by atoms with E-state index in [1.165, 1.54) is 29.0 Å². The van der Waals surface area contributed by atoms with Gasteiger partial charge >= 0.3 is 0 Å². The number of nitrogens with zero attached hydrogens (tertiary/aromatic N) is 2. The number of aromatic nitrogens is 1. The molecule has 0 spiro atoms. The van der Waals surface area contributed by atoms with Crippen LogP contribution < -0.4 is 10.9 Å². The largest absolute Gasteiger partial charge is 0.350 e. The van der Waals surface area contributed by atoms with Gasteiger partial charge in [0, 0.05) is 38.4 Å². The van der Waals surface area contributed by atoms with Crippen LogP contribution in [-0.2, 0) is 13.6 Å². The first-order chi connectivity index (χ1) is 12.1. The zero-order chi connectivity index (χ0) is 17.6. The maximum atomic E-state index is 12.4. The number of pyridine rings is 1. The molecule has 1 aromatic carbocycles. The first kappa shape index (κ1) is 17.4. The van der Waals surface area contributed by atoms with Gasteiger partial charge in [-0.25, -0.2) is 0 Å². The Hall–Kier alpha value is -2.40. The summed E-state index contributed by atoms with van der Waals surface area (Å²) in [6.45, 7) is 2.62. The number of aryl methyl sites for hydroxylation is 1. The number of hydrogen-bond donors (Lipinski definition) is 1. The Morgan fingerprint density at radius 3 is 2.72 bits per heavy atom. The van der Waals surface area contributed by atoms with Gasteiger partial charge in [-0.2, -0.15) is 0 Å². The molecule has 1 aromatic heterocycles. The van der Waals surface area contributed by atoms with E-state index in [-0.39, 0.29) is 11.5 Å². The molecule has 1 aliphatic heterocycles. The SMILES string of the molecule is Cn1cc(C(=O)NC[C@H]2CCCCN2Cc2ccccc2)ccc1=O. The molecule has 0 saturated carbocycles. The molecule has 0 aliphatic carbocycles. The summed E-state index contributed by atoms with van der Waals surface area (Å²) in [7, 11) is 1.65. The van der Waals surface area contributed by atoms with Gasteiger partial charge in [0.1, 0.15) is 0 Å². The topological polar surface area (TPSA) is 54.3 Å². The van der Waals surface area contributed by atoms with Gasteiger partial charge in [0.05, 0.1) is 5.56 Å². The molecule has 0 unspecified atom stereocenters. The van der Waals surface area contributed by atoms with Crippen molar-refractivity contribution in [3.63, 3.8) is 0 Å². The van der Waals surface area contributed by atoms with Gasteiger partial charge < -0.3 is 9.88 Å². The zero-order valence-corrected chi connectivity index (χ0v) is 14.6. The number of carbonyl (C=O) groups excluding carboxylic acids is 1. The van der Waals surface area contributed by atoms with E-state index in [0.29, 0.717) is 18.2 Å². The van der Waals surface area contributed by atoms with Crippen LogP contribution in [0.5, 0.6) is 0 Å². The van der Waals surface area contributed by atoms with Crippen LogP contribution in [0.2, 0.25) is 0 Å². The monoisotopic (exact) mass is 339 g/mol. The molecular weight excluding hydrogens is 314 g/mol. The van der Waals surface area contributed by atoms with Gasteiger partial charge in [-0.05, 0) is 31.0 Å². The molecule has 0 radical (unpaired) electrons. The van der Waals surface area contributed by atoms with E-state index >= 15 is 0 Å². The van der Waals surface area contributed by atoms with Gasteiger partial charge in [-0.3, -0.25) is 14.5 Å². The van der Waals surface area contributed by atoms with Crippen LogP contribution in [0.3, 0.4) is 0 Å². The maximum absolute atomic E-state index is 12.4. The Kier molecular flexibility index (Phi) is 5.66. The van der Waals surface area contributed by atoms with Crippen molar-refractivity contribution in [2.45, 2.75) is 31.8 Å². The average Bonchev–Trinajstić information content (AvgIpc) is 2.64. The van der Waals surface area contributed by atoms with Crippen molar-refractivity contribution in [3.05, 3.63) is 70.1 Å². The highest BCUT2D eigenvalue weighted by atomic mass is 16.2. The third-order valence-corrected chi connectivity index (χ3v) is 4.82. The standard InChI is InChI=1S/C20H25N3O2/c1-22-15-17(10-11-19(22)24)20(25)21-13-18-9-5-6-12-23(18)14-16-7-3-2-4-8-16/h2-4,7-8,10-11,15,18H,5-6,9,12-14H2,1H3,(H,21,25)/t18-/m1/s1. The van der Waals surface area contributed by atoms with Crippen molar-refractivity contribution in [1.29, 1.82) is 0 Å². The number of carbonyl (C=O) groups is 1. The predicted octanol–water partition coefficient (Wildman–Crippen LogP) is 2.17. The van der Waals surface area contributed by atoms with Crippen molar-refractivity contribution in [1.82, 2.24) is 14.8 Å². The van der Waals surface area contributed by atoms with Crippen LogP contribution in [0.15, 0.2) is 53.5 Å². The van der Waals surface area contributed by atoms with E-state index in [1.54, 1.807) is 19.3 Å². The van der Waals surface area contributed by atoms with Crippen molar-refractivity contribution in [2.75, 3.05) is 13.1 Å². The van der Waals surface area contributed by atoms with Crippen LogP contribution in [-0.4, -0.2) is 34.5 Å². The van der Waals surface area contributed by atoms with E-state index in [4.69, 9.17) is 0 Å². The molecule has 132 valence electrons. The molecule has 1 amide bonds. The van der Waals surface area contributed by atoms with Gasteiger partial charge in [-0.15, -0.1) is 0 Å². The summed E-state index contributed by atoms with van der Waals surface area (Å²) >= 11 is 0. The number of amides is 1. The van der Waals surface area contributed by atoms with Gasteiger partial charge in [0.25, 0.3) is 5.91 Å². The quantitative estimate of drug-likeness (QED) is 0.908. The molecule has 5 heteroatoms. The second-order valence-corrected chi connectivity index (χ2v) is 6.68. The van der Waals surface area contributed by atoms with E-state index < -0.39 is 0 Å². The Labute approximate surface area is 148 Å². The van der Waals surface area contributed by atoms with Gasteiger partial charge in [-0.1, -0.05) is 36.8 Å². The van der Waals surface area contributed by atoms with Crippen LogP contribution >= 0.6 is 0 Å². The minimum absolute atomic E-state index is 0.113. The van der Waals surface area contributed by atoms with Gasteiger partial charge in [0.15, 0.2) is 0 Å². The van der Waals surface area contributed by atoms with E-state index in [9.17, 15) is 9.59 Å². The van der Waals surface area contributed by atoms with Crippen molar-refractivity contribution < 1.29 is 4.79 Å². The Morgan fingerprint density at radius 1 is 1.16 bits per heavy atom. The normalized spacial score (nSPS) is 18.0. The highest BCUT2D eigenvalue weighted by Crippen LogP contribution is 2.19. The molecule has 0 bridgehead atoms. The summed E-state index contributed by atoms with van der Waals surface area (Å²) < 4.78 is 1.43. The fraction of sp³-hybridized carbons (Fsp3) is 0.400. The molecule has 25 heavy (non-hydrogen) atoms. The smallest absolute Gasteiger partial charge is 0.252 e. The van der Waals surface area contributed by atoms with E-state index in [2.05, 4.69) is 34.5 Å². The fourth-order valence-electron chi connectivity index (χ4n) is 3.36. The molecule has 2 aromatic rings. The minimum atomic E-state index is -0.124. The highest BCUT2D eigenvalue weighted by Gasteiger charge is 2.23. The van der Waals surface area contributed by atoms with E-state index in [1.807, 2.05) is 6.07 Å². The summed E-state index contributed by atoms with van der Waals surface area (Å²) in [6.07, 6.45) is 5.09. The number of nitrogens with one attached hydrogen (secondary N) is 1. The first-order valence-electron chi connectivity index (χ1n) is 8.86. The molecule has 1 saturated heterocycles. The van der Waals surface area contributed by atoms with Gasteiger partial charge in [0.2, 0.25) is 5.56 Å². The molecular formula is C20H25N3O2. The number of piperidine rings is 1. The predicted molar refractivity (Wildman–Crippen MR) is 98.5 cm³/mol. The molecule has 3 rings (SSSR count). The lowest BCUT2D eigenvalue weighted by molar-refractivity contribution is 0.0907. The number of benzene rings is 1. The van der Waals surface area contributed by atoms with Crippen LogP contribution in [0.1, 0.15) is 35.2 Å². The van der Waals surface area contributed by atoms with Crippen molar-refractivity contribution in [2.24, 2.45) is 7.05 Å². The summed E-state index contributed by atoms with van der Waals surface area (Å²) in [5, 5.41) is 3.04. The summed E-state index contributed by atoms with van der Waals surface area (Å²) in [6, 6.07) is 13.8. The lowest BCUT2D eigenvalue weighted by atomic mass is 10.0. The fourth-order valence-corrected chi connectivity index (χ4v) is 3.36. The number of hydrogen-bond acceptors (Lipinski definition) is 3. The highest BCUT2D eigenvalue weighted by molar-refractivity contribution is 5.93. The van der Waals surface area contributed by atoms with Crippen LogP contribution in [0.4, 0.5) is 0 Å². The Balaban J connectivity index is 1.60. The summed E-state index contributed by atoms with van der Waals surface area (Å²) in [4.78, 5) is 26.3. The maximum Gasteiger partial charge on any atom is 0.252 e. The Morgan fingerprint density at radius 2 is 1.96 bits per heavy atom. The minimum Gasteiger partial charge on any atom is -0.350 e. The number of likely N-dealkylation sites (tertiary alicyclic amines) is 1. The third kappa shape index (κ3) is 4.57. The molecule has 1 aliphatic rings. The summed E-state index contributed by atoms with van der Waals surface area (Å²) in [5.74, 6) is -0.124. The molecule has 5 nitrogen and oxygen atoms in total. The van der Waals surface area contributed by atoms with Crippen LogP contribution in [0.25, 0.3) is 0 Å². The second-order valence-electron chi connectivity index (χ2n) is 6.68. The van der Waals surface area contributed by atoms with E-state index in [0.717, 1.165) is 19.5 Å². The molecule has 1 atom stereocenters. The van der Waals surface area contributed by atoms with Crippen molar-refractivity contribution >= 4 is 5.91 Å². The number of rotatable bonds is 5. The molecule has 1 fully saturated rings. The van der Waals surface area contributed by atoms with Crippen molar-refractivity contribution in [3.8, 4) is 0 Å².